The second-order valence-electron chi connectivity index (χ2n) is 4.82. The smallest absolute Gasteiger partial charge is 0.243 e. The summed E-state index contributed by atoms with van der Waals surface area (Å²) in [5.41, 5.74) is 6.18. The number of hydrogen-bond donors (Lipinski definition) is 2. The standard InChI is InChI=1S/C13H21Br2N3O2S/c1-4-18(5-2)8-9(3)17-21(19,20)13-11(14)6-10(16)7-12(13)15/h6-7,9,17H,4-5,8,16H2,1-3H3. The fourth-order valence-corrected chi connectivity index (χ4v) is 5.92. The van der Waals surface area contributed by atoms with E-state index in [2.05, 4.69) is 55.3 Å². The van der Waals surface area contributed by atoms with Crippen LogP contribution in [0.3, 0.4) is 0 Å². The first-order chi connectivity index (χ1) is 9.71. The van der Waals surface area contributed by atoms with Crippen molar-refractivity contribution in [1.82, 2.24) is 9.62 Å². The molecule has 8 heteroatoms. The number of halogens is 2. The number of rotatable bonds is 7. The largest absolute Gasteiger partial charge is 0.399 e. The first-order valence-electron chi connectivity index (χ1n) is 6.70. The van der Waals surface area contributed by atoms with Gasteiger partial charge in [-0.2, -0.15) is 0 Å². The van der Waals surface area contributed by atoms with Gasteiger partial charge in [-0.25, -0.2) is 13.1 Å². The molecule has 0 bridgehead atoms. The number of nitrogens with two attached hydrogens (primary N) is 1. The minimum absolute atomic E-state index is 0.170. The summed E-state index contributed by atoms with van der Waals surface area (Å²) in [6, 6.07) is 2.97. The molecule has 0 heterocycles. The lowest BCUT2D eigenvalue weighted by molar-refractivity contribution is 0.282. The van der Waals surface area contributed by atoms with Gasteiger partial charge in [0.05, 0.1) is 0 Å². The van der Waals surface area contributed by atoms with Crippen molar-refractivity contribution in [1.29, 1.82) is 0 Å². The van der Waals surface area contributed by atoms with Crippen LogP contribution in [0.25, 0.3) is 0 Å². The van der Waals surface area contributed by atoms with Crippen LogP contribution in [-0.4, -0.2) is 39.0 Å². The average Bonchev–Trinajstić information content (AvgIpc) is 2.33. The lowest BCUT2D eigenvalue weighted by atomic mass is 10.3. The molecule has 0 amide bonds. The number of sulfonamides is 1. The fraction of sp³-hybridized carbons (Fsp3) is 0.538. The molecule has 0 spiro atoms. The summed E-state index contributed by atoms with van der Waals surface area (Å²) in [7, 11) is -3.63. The van der Waals surface area contributed by atoms with Crippen molar-refractivity contribution in [2.75, 3.05) is 25.4 Å². The Labute approximate surface area is 143 Å². The Morgan fingerprint density at radius 3 is 2.14 bits per heavy atom. The summed E-state index contributed by atoms with van der Waals surface area (Å²) in [4.78, 5) is 2.34. The van der Waals surface area contributed by atoms with Crippen LogP contribution in [-0.2, 0) is 10.0 Å². The van der Waals surface area contributed by atoms with Crippen LogP contribution in [0.1, 0.15) is 20.8 Å². The molecule has 0 aliphatic carbocycles. The Bertz CT molecular complexity index is 566. The highest BCUT2D eigenvalue weighted by molar-refractivity contribution is 9.11. The molecule has 1 unspecified atom stereocenters. The highest BCUT2D eigenvalue weighted by atomic mass is 79.9. The van der Waals surface area contributed by atoms with Crippen molar-refractivity contribution in [3.05, 3.63) is 21.1 Å². The summed E-state index contributed by atoms with van der Waals surface area (Å²) >= 11 is 6.52. The predicted molar refractivity (Wildman–Crippen MR) is 93.8 cm³/mol. The van der Waals surface area contributed by atoms with Crippen LogP contribution in [0.2, 0.25) is 0 Å². The maximum atomic E-state index is 12.5. The molecule has 120 valence electrons. The van der Waals surface area contributed by atoms with E-state index in [9.17, 15) is 8.42 Å². The Morgan fingerprint density at radius 1 is 1.24 bits per heavy atom. The van der Waals surface area contributed by atoms with E-state index in [4.69, 9.17) is 5.73 Å². The lowest BCUT2D eigenvalue weighted by Crippen LogP contribution is -2.42. The third-order valence-electron chi connectivity index (χ3n) is 3.07. The van der Waals surface area contributed by atoms with Gasteiger partial charge >= 0.3 is 0 Å². The van der Waals surface area contributed by atoms with E-state index >= 15 is 0 Å². The molecule has 1 atom stereocenters. The minimum Gasteiger partial charge on any atom is -0.399 e. The molecule has 1 aromatic rings. The van der Waals surface area contributed by atoms with E-state index in [1.54, 1.807) is 12.1 Å². The van der Waals surface area contributed by atoms with Crippen molar-refractivity contribution in [2.45, 2.75) is 31.7 Å². The first kappa shape index (κ1) is 18.9. The van der Waals surface area contributed by atoms with E-state index in [0.717, 1.165) is 13.1 Å². The topological polar surface area (TPSA) is 75.4 Å². The molecule has 21 heavy (non-hydrogen) atoms. The van der Waals surface area contributed by atoms with E-state index in [0.29, 0.717) is 21.2 Å². The maximum Gasteiger partial charge on any atom is 0.243 e. The van der Waals surface area contributed by atoms with E-state index in [1.165, 1.54) is 0 Å². The third-order valence-corrected chi connectivity index (χ3v) is 6.54. The monoisotopic (exact) mass is 441 g/mol. The molecule has 0 saturated carbocycles. The zero-order valence-corrected chi connectivity index (χ0v) is 16.3. The van der Waals surface area contributed by atoms with Crippen molar-refractivity contribution in [2.24, 2.45) is 0 Å². The fourth-order valence-electron chi connectivity index (χ4n) is 2.07. The zero-order chi connectivity index (χ0) is 16.2. The number of nitrogens with one attached hydrogen (secondary N) is 1. The predicted octanol–water partition coefficient (Wildman–Crippen LogP) is 2.80. The Kier molecular flexibility index (Phi) is 7.12. The summed E-state index contributed by atoms with van der Waals surface area (Å²) in [5.74, 6) is 0. The van der Waals surface area contributed by atoms with Gasteiger partial charge in [0.15, 0.2) is 0 Å². The first-order valence-corrected chi connectivity index (χ1v) is 9.77. The van der Waals surface area contributed by atoms with Crippen LogP contribution >= 0.6 is 31.9 Å². The van der Waals surface area contributed by atoms with Crippen molar-refractivity contribution in [3.8, 4) is 0 Å². The average molecular weight is 443 g/mol. The van der Waals surface area contributed by atoms with Gasteiger partial charge in [0, 0.05) is 27.2 Å². The molecule has 0 aliphatic rings. The molecule has 1 aromatic carbocycles. The maximum absolute atomic E-state index is 12.5. The van der Waals surface area contributed by atoms with Gasteiger partial charge in [-0.05, 0) is 64.0 Å². The SMILES string of the molecule is CCN(CC)CC(C)NS(=O)(=O)c1c(Br)cc(N)cc1Br. The molecule has 0 fully saturated rings. The highest BCUT2D eigenvalue weighted by Gasteiger charge is 2.24. The summed E-state index contributed by atoms with van der Waals surface area (Å²) in [5, 5.41) is 0. The van der Waals surface area contributed by atoms with Gasteiger partial charge < -0.3 is 10.6 Å². The molecule has 0 aromatic heterocycles. The molecule has 0 aliphatic heterocycles. The van der Waals surface area contributed by atoms with E-state index in [1.807, 2.05) is 6.92 Å². The summed E-state index contributed by atoms with van der Waals surface area (Å²) in [6.07, 6.45) is 0. The quantitative estimate of drug-likeness (QED) is 0.636. The van der Waals surface area contributed by atoms with Crippen LogP contribution in [0.15, 0.2) is 26.0 Å². The Morgan fingerprint density at radius 2 is 1.71 bits per heavy atom. The van der Waals surface area contributed by atoms with Crippen molar-refractivity contribution in [3.63, 3.8) is 0 Å². The molecule has 3 N–H and O–H groups in total. The minimum atomic E-state index is -3.63. The van der Waals surface area contributed by atoms with Crippen molar-refractivity contribution >= 4 is 47.6 Å². The van der Waals surface area contributed by atoms with Gasteiger partial charge in [0.2, 0.25) is 10.0 Å². The van der Waals surface area contributed by atoms with Crippen LogP contribution in [0, 0.1) is 0 Å². The molecular weight excluding hydrogens is 422 g/mol. The number of hydrogen-bond acceptors (Lipinski definition) is 4. The van der Waals surface area contributed by atoms with Crippen LogP contribution in [0.4, 0.5) is 5.69 Å². The summed E-state index contributed by atoms with van der Waals surface area (Å²) < 4.78 is 28.6. The number of nitrogen functional groups attached to an aromatic ring is 1. The van der Waals surface area contributed by atoms with E-state index in [-0.39, 0.29) is 10.9 Å². The normalized spacial score (nSPS) is 13.6. The number of anilines is 1. The van der Waals surface area contributed by atoms with Crippen LogP contribution in [0.5, 0.6) is 0 Å². The molecule has 0 radical (unpaired) electrons. The Balaban J connectivity index is 2.97. The number of nitrogens with zero attached hydrogens (tertiary/aromatic N) is 1. The highest BCUT2D eigenvalue weighted by Crippen LogP contribution is 2.32. The van der Waals surface area contributed by atoms with Gasteiger partial charge in [0.1, 0.15) is 4.90 Å². The van der Waals surface area contributed by atoms with Gasteiger partial charge in [-0.1, -0.05) is 13.8 Å². The molecule has 1 rings (SSSR count). The molecular formula is C13H21Br2N3O2S. The molecule has 0 saturated heterocycles. The second kappa shape index (κ2) is 7.92. The van der Waals surface area contributed by atoms with Crippen molar-refractivity contribution < 1.29 is 8.42 Å². The van der Waals surface area contributed by atoms with Gasteiger partial charge in [0.25, 0.3) is 0 Å². The number of likely N-dealkylation sites (N-methyl/N-ethyl adjacent to an activating group) is 1. The lowest BCUT2D eigenvalue weighted by Gasteiger charge is -2.23. The van der Waals surface area contributed by atoms with Gasteiger partial charge in [-0.15, -0.1) is 0 Å². The van der Waals surface area contributed by atoms with E-state index < -0.39 is 10.0 Å². The third kappa shape index (κ3) is 5.21. The van der Waals surface area contributed by atoms with Crippen LogP contribution < -0.4 is 10.5 Å². The van der Waals surface area contributed by atoms with Gasteiger partial charge in [-0.3, -0.25) is 0 Å². The zero-order valence-electron chi connectivity index (χ0n) is 12.4. The molecule has 5 nitrogen and oxygen atoms in total. The second-order valence-corrected chi connectivity index (χ2v) is 8.18. The summed E-state index contributed by atoms with van der Waals surface area (Å²) in [6.45, 7) is 8.40. The number of benzene rings is 1. The Hall–Kier alpha value is -0.150.